The topological polar surface area (TPSA) is 20.2 Å². The first-order valence-electron chi connectivity index (χ1n) is 6.07. The maximum absolute atomic E-state index is 10.3. The van der Waals surface area contributed by atoms with Crippen LogP contribution < -0.4 is 0 Å². The van der Waals surface area contributed by atoms with Crippen LogP contribution >= 0.6 is 23.5 Å². The average Bonchev–Trinajstić information content (AvgIpc) is 2.17. The largest absolute Gasteiger partial charge is 0.390 e. The minimum absolute atomic E-state index is 0.429. The summed E-state index contributed by atoms with van der Waals surface area (Å²) in [4.78, 5) is 0. The van der Waals surface area contributed by atoms with Crippen LogP contribution in [0.1, 0.15) is 40.0 Å². The molecular weight excluding hydrogens is 236 g/mol. The van der Waals surface area contributed by atoms with Crippen LogP contribution in [0.2, 0.25) is 0 Å². The average molecular weight is 261 g/mol. The van der Waals surface area contributed by atoms with Crippen molar-refractivity contribution < 1.29 is 5.11 Å². The molecule has 1 fully saturated rings. The molecule has 1 rings (SSSR count). The first-order valence-corrected chi connectivity index (χ1v) is 8.52. The lowest BCUT2D eigenvalue weighted by Gasteiger charge is -2.43. The van der Waals surface area contributed by atoms with Gasteiger partial charge in [0.1, 0.15) is 0 Å². The highest BCUT2D eigenvalue weighted by atomic mass is 32.2. The van der Waals surface area contributed by atoms with Gasteiger partial charge in [-0.3, -0.25) is 0 Å². The number of hydrogen-bond acceptors (Lipinski definition) is 3. The van der Waals surface area contributed by atoms with Gasteiger partial charge in [0.05, 0.1) is 10.2 Å². The third kappa shape index (κ3) is 3.58. The van der Waals surface area contributed by atoms with Gasteiger partial charge < -0.3 is 5.11 Å². The Morgan fingerprint density at radius 1 is 1.19 bits per heavy atom. The van der Waals surface area contributed by atoms with Crippen LogP contribution in [0.15, 0.2) is 0 Å². The zero-order valence-electron chi connectivity index (χ0n) is 11.1. The molecule has 16 heavy (non-hydrogen) atoms. The minimum atomic E-state index is -0.540. The number of thioether (sulfide) groups is 2. The molecule has 0 spiro atoms. The van der Waals surface area contributed by atoms with Gasteiger partial charge in [-0.25, -0.2) is 0 Å². The highest BCUT2D eigenvalue weighted by Crippen LogP contribution is 2.50. The van der Waals surface area contributed by atoms with Gasteiger partial charge in [0.2, 0.25) is 0 Å². The molecule has 3 heteroatoms. The van der Waals surface area contributed by atoms with Crippen molar-refractivity contribution in [2.45, 2.75) is 45.6 Å². The van der Waals surface area contributed by atoms with Crippen molar-refractivity contribution >= 4 is 23.5 Å². The van der Waals surface area contributed by atoms with Crippen molar-refractivity contribution in [2.24, 2.45) is 17.8 Å². The van der Waals surface area contributed by atoms with E-state index in [1.165, 1.54) is 23.8 Å². The second-order valence-electron chi connectivity index (χ2n) is 5.51. The lowest BCUT2D eigenvalue weighted by atomic mass is 9.69. The Bertz CT molecular complexity index is 208. The Morgan fingerprint density at radius 2 is 1.75 bits per heavy atom. The molecule has 1 radical (unpaired) electrons. The molecule has 0 aromatic heterocycles. The number of aliphatic hydroxyl groups is 1. The van der Waals surface area contributed by atoms with Gasteiger partial charge in [-0.2, -0.15) is 0 Å². The zero-order chi connectivity index (χ0) is 12.3. The summed E-state index contributed by atoms with van der Waals surface area (Å²) in [6.45, 7) is 6.28. The summed E-state index contributed by atoms with van der Waals surface area (Å²) in [6, 6.07) is 0. The predicted molar refractivity (Wildman–Crippen MR) is 76.6 cm³/mol. The molecule has 0 aliphatic heterocycles. The lowest BCUT2D eigenvalue weighted by Crippen LogP contribution is -2.41. The summed E-state index contributed by atoms with van der Waals surface area (Å²) >= 11 is 3.73. The van der Waals surface area contributed by atoms with Gasteiger partial charge in [-0.15, -0.1) is 23.5 Å². The molecule has 1 N–H and O–H groups in total. The Balaban J connectivity index is 2.80. The van der Waals surface area contributed by atoms with E-state index >= 15 is 0 Å². The summed E-state index contributed by atoms with van der Waals surface area (Å²) in [5.41, 5.74) is -0.540. The molecule has 1 aliphatic rings. The number of rotatable bonds is 4. The molecule has 0 heterocycles. The fraction of sp³-hybridized carbons (Fsp3) is 0.923. The van der Waals surface area contributed by atoms with Gasteiger partial charge in [-0.1, -0.05) is 13.3 Å². The predicted octanol–water partition coefficient (Wildman–Crippen LogP) is 4.03. The maximum atomic E-state index is 10.3. The van der Waals surface area contributed by atoms with E-state index in [9.17, 15) is 5.11 Å². The Labute approximate surface area is 109 Å². The van der Waals surface area contributed by atoms with Gasteiger partial charge in [0.15, 0.2) is 0 Å². The van der Waals surface area contributed by atoms with Crippen LogP contribution in [0.25, 0.3) is 0 Å². The van der Waals surface area contributed by atoms with Crippen LogP contribution in [0.3, 0.4) is 0 Å². The van der Waals surface area contributed by atoms with E-state index in [2.05, 4.69) is 19.4 Å². The summed E-state index contributed by atoms with van der Waals surface area (Å²) in [6.07, 6.45) is 7.99. The van der Waals surface area contributed by atoms with Crippen molar-refractivity contribution in [3.63, 3.8) is 0 Å². The summed E-state index contributed by atoms with van der Waals surface area (Å²) in [5, 5.41) is 10.3. The highest BCUT2D eigenvalue weighted by molar-refractivity contribution is 8.20. The number of hydrogen-bond donors (Lipinski definition) is 1. The van der Waals surface area contributed by atoms with E-state index in [1.807, 2.05) is 37.4 Å². The molecule has 1 aliphatic carbocycles. The molecule has 3 atom stereocenters. The van der Waals surface area contributed by atoms with E-state index in [1.54, 1.807) is 0 Å². The van der Waals surface area contributed by atoms with Crippen LogP contribution in [0.4, 0.5) is 0 Å². The van der Waals surface area contributed by atoms with Gasteiger partial charge in [0, 0.05) is 0 Å². The van der Waals surface area contributed by atoms with Crippen molar-refractivity contribution in [1.29, 1.82) is 0 Å². The lowest BCUT2D eigenvalue weighted by molar-refractivity contribution is -0.0259. The highest BCUT2D eigenvalue weighted by Gasteiger charge is 2.41. The Morgan fingerprint density at radius 3 is 2.19 bits per heavy atom. The first kappa shape index (κ1) is 14.7. The van der Waals surface area contributed by atoms with Crippen LogP contribution in [-0.4, -0.2) is 23.2 Å². The Kier molecular flexibility index (Phi) is 5.53. The van der Waals surface area contributed by atoms with Crippen molar-refractivity contribution in [3.8, 4) is 0 Å². The van der Waals surface area contributed by atoms with E-state index < -0.39 is 5.60 Å². The molecule has 0 amide bonds. The fourth-order valence-electron chi connectivity index (χ4n) is 2.87. The third-order valence-electron chi connectivity index (χ3n) is 3.72. The second kappa shape index (κ2) is 6.01. The zero-order valence-corrected chi connectivity index (χ0v) is 12.8. The molecule has 2 unspecified atom stereocenters. The van der Waals surface area contributed by atoms with Crippen LogP contribution in [0.5, 0.6) is 0 Å². The third-order valence-corrected chi connectivity index (χ3v) is 6.14. The van der Waals surface area contributed by atoms with Crippen LogP contribution in [0, 0.1) is 22.3 Å². The molecular formula is C13H25OS2. The quantitative estimate of drug-likeness (QED) is 0.825. The van der Waals surface area contributed by atoms with Crippen molar-refractivity contribution in [1.82, 2.24) is 0 Å². The van der Waals surface area contributed by atoms with E-state index in [0.29, 0.717) is 11.8 Å². The maximum Gasteiger partial charge on any atom is 0.0876 e. The molecule has 1 nitrogen and oxygen atoms in total. The molecule has 0 saturated heterocycles. The normalized spacial score (nSPS) is 32.1. The molecule has 95 valence electrons. The van der Waals surface area contributed by atoms with E-state index in [4.69, 9.17) is 0 Å². The van der Waals surface area contributed by atoms with Gasteiger partial charge >= 0.3 is 0 Å². The minimum Gasteiger partial charge on any atom is -0.390 e. The molecule has 0 bridgehead atoms. The molecule has 1 saturated carbocycles. The summed E-state index contributed by atoms with van der Waals surface area (Å²) in [5.74, 6) is 1.81. The smallest absolute Gasteiger partial charge is 0.0876 e. The van der Waals surface area contributed by atoms with Crippen LogP contribution in [-0.2, 0) is 0 Å². The van der Waals surface area contributed by atoms with Crippen molar-refractivity contribution in [2.75, 3.05) is 12.5 Å². The fourth-order valence-corrected chi connectivity index (χ4v) is 4.67. The molecule has 0 aromatic rings. The monoisotopic (exact) mass is 261 g/mol. The standard InChI is InChI=1S/C13H25OS2/c1-9-6-7-11(13(2,3)14)10(8-9)12(15-4)16-5/h9-11,14H,6-8H2,1-5H3/t9-,10?,11?/m1/s1. The Hall–Kier alpha value is 0.660. The summed E-state index contributed by atoms with van der Waals surface area (Å²) < 4.78 is 1.50. The summed E-state index contributed by atoms with van der Waals surface area (Å²) in [7, 11) is 0. The van der Waals surface area contributed by atoms with Crippen molar-refractivity contribution in [3.05, 3.63) is 4.58 Å². The SMILES string of the molecule is CS[C](SC)C1C[C@H](C)CCC1C(C)(C)O. The van der Waals surface area contributed by atoms with Gasteiger partial charge in [0.25, 0.3) is 0 Å². The first-order chi connectivity index (χ1) is 7.40. The van der Waals surface area contributed by atoms with E-state index in [0.717, 1.165) is 5.92 Å². The second-order valence-corrected chi connectivity index (χ2v) is 7.47. The van der Waals surface area contributed by atoms with E-state index in [-0.39, 0.29) is 0 Å². The van der Waals surface area contributed by atoms with Gasteiger partial charge in [-0.05, 0) is 57.0 Å². The molecule has 0 aromatic carbocycles.